The highest BCUT2D eigenvalue weighted by atomic mass is 35.5. The van der Waals surface area contributed by atoms with Gasteiger partial charge in [-0.2, -0.15) is 0 Å². The zero-order chi connectivity index (χ0) is 17.5. The maximum atomic E-state index is 12.5. The van der Waals surface area contributed by atoms with Crippen LogP contribution in [-0.2, 0) is 4.79 Å². The monoisotopic (exact) mass is 347 g/mol. The lowest BCUT2D eigenvalue weighted by Gasteiger charge is -2.21. The molecule has 0 unspecified atom stereocenters. The van der Waals surface area contributed by atoms with Crippen LogP contribution in [0.3, 0.4) is 0 Å². The van der Waals surface area contributed by atoms with Crippen LogP contribution in [0.4, 0.5) is 0 Å². The molecule has 0 saturated carbocycles. The van der Waals surface area contributed by atoms with Gasteiger partial charge in [0.25, 0.3) is 5.91 Å². The third-order valence-corrected chi connectivity index (χ3v) is 3.98. The van der Waals surface area contributed by atoms with Gasteiger partial charge in [-0.15, -0.1) is 0 Å². The van der Waals surface area contributed by atoms with Crippen molar-refractivity contribution in [2.45, 2.75) is 32.4 Å². The van der Waals surface area contributed by atoms with Gasteiger partial charge in [0.2, 0.25) is 0 Å². The zero-order valence-corrected chi connectivity index (χ0v) is 14.8. The number of carbonyl (C=O) groups excluding carboxylic acids is 1. The summed E-state index contributed by atoms with van der Waals surface area (Å²) < 4.78 is 10.9. The highest BCUT2D eigenvalue weighted by Crippen LogP contribution is 2.20. The normalized spacial score (nSPS) is 13.0. The summed E-state index contributed by atoms with van der Waals surface area (Å²) in [5, 5.41) is 3.62. The summed E-state index contributed by atoms with van der Waals surface area (Å²) in [4.78, 5) is 12.5. The molecule has 5 heteroatoms. The molecule has 4 nitrogen and oxygen atoms in total. The van der Waals surface area contributed by atoms with E-state index in [2.05, 4.69) is 5.32 Å². The lowest BCUT2D eigenvalue weighted by atomic mass is 10.1. The predicted molar refractivity (Wildman–Crippen MR) is 95.7 cm³/mol. The van der Waals surface area contributed by atoms with Crippen LogP contribution in [0.1, 0.15) is 31.9 Å². The topological polar surface area (TPSA) is 47.6 Å². The Morgan fingerprint density at radius 2 is 1.67 bits per heavy atom. The lowest BCUT2D eigenvalue weighted by molar-refractivity contribution is -0.128. The molecule has 24 heavy (non-hydrogen) atoms. The van der Waals surface area contributed by atoms with Gasteiger partial charge in [0, 0.05) is 5.02 Å². The molecule has 1 amide bonds. The van der Waals surface area contributed by atoms with Crippen LogP contribution < -0.4 is 14.8 Å². The van der Waals surface area contributed by atoms with Crippen molar-refractivity contribution in [2.75, 3.05) is 7.11 Å². The molecule has 0 aliphatic rings. The first-order valence-electron chi connectivity index (χ1n) is 7.90. The van der Waals surface area contributed by atoms with Crippen LogP contribution in [0.15, 0.2) is 48.5 Å². The Bertz CT molecular complexity index is 655. The summed E-state index contributed by atoms with van der Waals surface area (Å²) in [5.74, 6) is 1.27. The summed E-state index contributed by atoms with van der Waals surface area (Å²) in [6.07, 6.45) is 0.0240. The quantitative estimate of drug-likeness (QED) is 0.808. The third kappa shape index (κ3) is 4.90. The number of methoxy groups -OCH3 is 1. The van der Waals surface area contributed by atoms with E-state index in [1.54, 1.807) is 31.4 Å². The van der Waals surface area contributed by atoms with Gasteiger partial charge in [-0.3, -0.25) is 4.79 Å². The molecule has 128 valence electrons. The van der Waals surface area contributed by atoms with E-state index >= 15 is 0 Å². The van der Waals surface area contributed by atoms with Crippen molar-refractivity contribution in [3.63, 3.8) is 0 Å². The SMILES string of the molecule is CC[C@H](Oc1ccc(Cl)cc1)C(=O)N[C@H](C)c1ccc(OC)cc1. The molecular weight excluding hydrogens is 326 g/mol. The molecule has 0 fully saturated rings. The summed E-state index contributed by atoms with van der Waals surface area (Å²) in [7, 11) is 1.63. The Labute approximate surface area is 147 Å². The van der Waals surface area contributed by atoms with E-state index < -0.39 is 6.10 Å². The molecule has 0 aliphatic carbocycles. The first kappa shape index (κ1) is 18.1. The minimum Gasteiger partial charge on any atom is -0.497 e. The Morgan fingerprint density at radius 3 is 2.21 bits per heavy atom. The molecule has 0 spiro atoms. The third-order valence-electron chi connectivity index (χ3n) is 3.73. The highest BCUT2D eigenvalue weighted by molar-refractivity contribution is 6.30. The Hall–Kier alpha value is -2.20. The van der Waals surface area contributed by atoms with Crippen molar-refractivity contribution in [2.24, 2.45) is 0 Å². The van der Waals surface area contributed by atoms with Crippen LogP contribution in [0.2, 0.25) is 5.02 Å². The molecule has 0 aromatic heterocycles. The van der Waals surface area contributed by atoms with Crippen LogP contribution in [0.25, 0.3) is 0 Å². The Balaban J connectivity index is 1.98. The minimum atomic E-state index is -0.549. The average molecular weight is 348 g/mol. The molecule has 2 aromatic carbocycles. The maximum Gasteiger partial charge on any atom is 0.261 e. The van der Waals surface area contributed by atoms with Gasteiger partial charge in [0.15, 0.2) is 6.10 Å². The molecule has 1 N–H and O–H groups in total. The van der Waals surface area contributed by atoms with Gasteiger partial charge in [-0.1, -0.05) is 30.7 Å². The smallest absolute Gasteiger partial charge is 0.261 e. The molecule has 2 aromatic rings. The highest BCUT2D eigenvalue weighted by Gasteiger charge is 2.20. The van der Waals surface area contributed by atoms with Crippen molar-refractivity contribution < 1.29 is 14.3 Å². The van der Waals surface area contributed by atoms with E-state index in [-0.39, 0.29) is 11.9 Å². The van der Waals surface area contributed by atoms with Crippen molar-refractivity contribution in [3.8, 4) is 11.5 Å². The van der Waals surface area contributed by atoms with Crippen molar-refractivity contribution >= 4 is 17.5 Å². The number of hydrogen-bond acceptors (Lipinski definition) is 3. The van der Waals surface area contributed by atoms with Crippen molar-refractivity contribution in [1.82, 2.24) is 5.32 Å². The number of nitrogens with one attached hydrogen (secondary N) is 1. The molecule has 0 bridgehead atoms. The molecular formula is C19H22ClNO3. The van der Waals surface area contributed by atoms with Gasteiger partial charge in [0.05, 0.1) is 13.2 Å². The summed E-state index contributed by atoms with van der Waals surface area (Å²) in [6.45, 7) is 3.85. The number of amides is 1. The predicted octanol–water partition coefficient (Wildman–Crippen LogP) is 4.38. The van der Waals surface area contributed by atoms with Crippen LogP contribution in [0, 0.1) is 0 Å². The van der Waals surface area contributed by atoms with E-state index in [9.17, 15) is 4.79 Å². The van der Waals surface area contributed by atoms with Crippen LogP contribution in [-0.4, -0.2) is 19.1 Å². The summed E-state index contributed by atoms with van der Waals surface area (Å²) >= 11 is 5.86. The van der Waals surface area contributed by atoms with Crippen molar-refractivity contribution in [1.29, 1.82) is 0 Å². The lowest BCUT2D eigenvalue weighted by Crippen LogP contribution is -2.39. The number of hydrogen-bond donors (Lipinski definition) is 1. The van der Waals surface area contributed by atoms with Gasteiger partial charge < -0.3 is 14.8 Å². The van der Waals surface area contributed by atoms with E-state index in [0.29, 0.717) is 17.2 Å². The minimum absolute atomic E-state index is 0.119. The van der Waals surface area contributed by atoms with E-state index in [0.717, 1.165) is 11.3 Å². The molecule has 0 heterocycles. The molecule has 2 atom stereocenters. The maximum absolute atomic E-state index is 12.5. The number of carbonyl (C=O) groups is 1. The number of ether oxygens (including phenoxy) is 2. The first-order valence-corrected chi connectivity index (χ1v) is 8.27. The molecule has 2 rings (SSSR count). The second-order valence-corrected chi connectivity index (χ2v) is 5.91. The number of rotatable bonds is 7. The first-order chi connectivity index (χ1) is 11.5. The van der Waals surface area contributed by atoms with Gasteiger partial charge >= 0.3 is 0 Å². The summed E-state index contributed by atoms with van der Waals surface area (Å²) in [5.41, 5.74) is 1.01. The fraction of sp³-hybridized carbons (Fsp3) is 0.316. The van der Waals surface area contributed by atoms with Crippen LogP contribution >= 0.6 is 11.6 Å². The molecule has 0 aliphatic heterocycles. The van der Waals surface area contributed by atoms with Gasteiger partial charge in [-0.25, -0.2) is 0 Å². The van der Waals surface area contributed by atoms with E-state index in [1.165, 1.54) is 0 Å². The Morgan fingerprint density at radius 1 is 1.08 bits per heavy atom. The average Bonchev–Trinajstić information content (AvgIpc) is 2.61. The Kier molecular flexibility index (Phi) is 6.50. The number of halogens is 1. The number of benzene rings is 2. The van der Waals surface area contributed by atoms with Gasteiger partial charge in [0.1, 0.15) is 11.5 Å². The largest absolute Gasteiger partial charge is 0.497 e. The van der Waals surface area contributed by atoms with E-state index in [4.69, 9.17) is 21.1 Å². The zero-order valence-electron chi connectivity index (χ0n) is 14.1. The second kappa shape index (κ2) is 8.60. The fourth-order valence-electron chi connectivity index (χ4n) is 2.28. The van der Waals surface area contributed by atoms with Crippen LogP contribution in [0.5, 0.6) is 11.5 Å². The van der Waals surface area contributed by atoms with Gasteiger partial charge in [-0.05, 0) is 55.3 Å². The molecule has 0 saturated heterocycles. The van der Waals surface area contributed by atoms with E-state index in [1.807, 2.05) is 38.1 Å². The molecule has 0 radical (unpaired) electrons. The second-order valence-electron chi connectivity index (χ2n) is 5.47. The fourth-order valence-corrected chi connectivity index (χ4v) is 2.41. The van der Waals surface area contributed by atoms with Crippen molar-refractivity contribution in [3.05, 3.63) is 59.1 Å². The standard InChI is InChI=1S/C19H22ClNO3/c1-4-18(24-17-11-7-15(20)8-12-17)19(22)21-13(2)14-5-9-16(23-3)10-6-14/h5-13,18H,4H2,1-3H3,(H,21,22)/t13-,18+/m1/s1. The summed E-state index contributed by atoms with van der Waals surface area (Å²) in [6, 6.07) is 14.5.